The number of nitrogens with two attached hydrogens (primary N) is 1. The zero-order valence-electron chi connectivity index (χ0n) is 12.2. The van der Waals surface area contributed by atoms with E-state index >= 15 is 0 Å². The molecule has 0 amide bonds. The van der Waals surface area contributed by atoms with E-state index in [0.29, 0.717) is 19.0 Å². The summed E-state index contributed by atoms with van der Waals surface area (Å²) in [6, 6.07) is 5.04. The minimum absolute atomic E-state index is 0.351. The van der Waals surface area contributed by atoms with E-state index < -0.39 is 11.7 Å². The zero-order chi connectivity index (χ0) is 16.2. The monoisotopic (exact) mass is 313 g/mol. The summed E-state index contributed by atoms with van der Waals surface area (Å²) in [4.78, 5) is 0. The fraction of sp³-hybridized carbons (Fsp3) is 0.400. The Morgan fingerprint density at radius 2 is 1.91 bits per heavy atom. The van der Waals surface area contributed by atoms with E-state index in [4.69, 9.17) is 10.5 Å². The fourth-order valence-electron chi connectivity index (χ4n) is 2.20. The molecule has 0 unspecified atom stereocenters. The molecule has 0 aliphatic rings. The van der Waals surface area contributed by atoms with Crippen molar-refractivity contribution >= 4 is 0 Å². The molecule has 2 rings (SSSR count). The fourth-order valence-corrected chi connectivity index (χ4v) is 2.20. The van der Waals surface area contributed by atoms with Gasteiger partial charge in [0.25, 0.3) is 0 Å². The summed E-state index contributed by atoms with van der Waals surface area (Å²) >= 11 is 0. The first-order chi connectivity index (χ1) is 10.5. The van der Waals surface area contributed by atoms with Crippen molar-refractivity contribution in [3.63, 3.8) is 0 Å². The van der Waals surface area contributed by atoms with Gasteiger partial charge in [0.2, 0.25) is 5.88 Å². The number of aromatic nitrogens is 2. The molecule has 0 radical (unpaired) electrons. The predicted octanol–water partition coefficient (Wildman–Crippen LogP) is 2.85. The summed E-state index contributed by atoms with van der Waals surface area (Å²) in [6.07, 6.45) is -1.04. The highest BCUT2D eigenvalue weighted by atomic mass is 19.4. The van der Waals surface area contributed by atoms with Gasteiger partial charge in [-0.1, -0.05) is 12.1 Å². The number of benzene rings is 1. The van der Waals surface area contributed by atoms with Crippen molar-refractivity contribution in [2.75, 3.05) is 13.7 Å². The number of methoxy groups -OCH3 is 1. The minimum atomic E-state index is -4.32. The number of rotatable bonds is 6. The molecule has 0 aliphatic carbocycles. The molecule has 0 spiro atoms. The molecule has 0 saturated carbocycles. The first-order valence-corrected chi connectivity index (χ1v) is 6.90. The summed E-state index contributed by atoms with van der Waals surface area (Å²) in [6.45, 7) is 0.928. The highest BCUT2D eigenvalue weighted by molar-refractivity contribution is 5.28. The van der Waals surface area contributed by atoms with E-state index in [1.54, 1.807) is 18.0 Å². The Morgan fingerprint density at radius 1 is 1.23 bits per heavy atom. The van der Waals surface area contributed by atoms with Crippen LogP contribution in [0.2, 0.25) is 0 Å². The van der Waals surface area contributed by atoms with E-state index in [-0.39, 0.29) is 0 Å². The van der Waals surface area contributed by atoms with E-state index in [9.17, 15) is 13.2 Å². The maximum absolute atomic E-state index is 12.5. The first-order valence-electron chi connectivity index (χ1n) is 6.90. The van der Waals surface area contributed by atoms with Crippen LogP contribution in [0.3, 0.4) is 0 Å². The van der Waals surface area contributed by atoms with Crippen molar-refractivity contribution in [2.45, 2.75) is 25.6 Å². The molecule has 0 saturated heterocycles. The lowest BCUT2D eigenvalue weighted by Gasteiger charge is -2.10. The average molecular weight is 313 g/mol. The Balaban J connectivity index is 2.15. The number of ether oxygens (including phenoxy) is 1. The largest absolute Gasteiger partial charge is 0.481 e. The van der Waals surface area contributed by atoms with Gasteiger partial charge in [-0.3, -0.25) is 0 Å². The SMILES string of the molecule is COc1c(CCCN)cnn1Cc1ccc(C(F)(F)F)cc1. The zero-order valence-corrected chi connectivity index (χ0v) is 12.2. The summed E-state index contributed by atoms with van der Waals surface area (Å²) in [5, 5.41) is 4.23. The molecule has 0 aliphatic heterocycles. The first kappa shape index (κ1) is 16.4. The van der Waals surface area contributed by atoms with Gasteiger partial charge in [0.1, 0.15) is 0 Å². The molecule has 1 aromatic heterocycles. The molecular weight excluding hydrogens is 295 g/mol. The van der Waals surface area contributed by atoms with Crippen molar-refractivity contribution in [1.82, 2.24) is 9.78 Å². The second-order valence-corrected chi connectivity index (χ2v) is 4.92. The minimum Gasteiger partial charge on any atom is -0.481 e. The van der Waals surface area contributed by atoms with Crippen LogP contribution in [0.4, 0.5) is 13.2 Å². The second-order valence-electron chi connectivity index (χ2n) is 4.92. The normalized spacial score (nSPS) is 11.7. The summed E-state index contributed by atoms with van der Waals surface area (Å²) < 4.78 is 44.6. The lowest BCUT2D eigenvalue weighted by molar-refractivity contribution is -0.137. The van der Waals surface area contributed by atoms with Crippen LogP contribution in [0, 0.1) is 0 Å². The second kappa shape index (κ2) is 6.83. The number of nitrogens with zero attached hydrogens (tertiary/aromatic N) is 2. The van der Waals surface area contributed by atoms with Crippen LogP contribution >= 0.6 is 0 Å². The Morgan fingerprint density at radius 3 is 2.45 bits per heavy atom. The Kier molecular flexibility index (Phi) is 5.07. The van der Waals surface area contributed by atoms with Gasteiger partial charge in [0.05, 0.1) is 25.4 Å². The molecule has 1 heterocycles. The van der Waals surface area contributed by atoms with Crippen LogP contribution in [0.1, 0.15) is 23.1 Å². The van der Waals surface area contributed by atoms with Crippen LogP contribution in [0.25, 0.3) is 0 Å². The lowest BCUT2D eigenvalue weighted by atomic mass is 10.1. The van der Waals surface area contributed by atoms with Crippen molar-refractivity contribution < 1.29 is 17.9 Å². The van der Waals surface area contributed by atoms with Crippen molar-refractivity contribution in [3.8, 4) is 5.88 Å². The molecule has 4 nitrogen and oxygen atoms in total. The van der Waals surface area contributed by atoms with Crippen molar-refractivity contribution in [2.24, 2.45) is 5.73 Å². The molecule has 1 aromatic carbocycles. The molecule has 0 atom stereocenters. The highest BCUT2D eigenvalue weighted by Gasteiger charge is 2.29. The molecule has 2 aromatic rings. The van der Waals surface area contributed by atoms with E-state index in [1.165, 1.54) is 12.1 Å². The van der Waals surface area contributed by atoms with Gasteiger partial charge in [-0.2, -0.15) is 18.3 Å². The number of aryl methyl sites for hydroxylation is 1. The molecular formula is C15H18F3N3O. The van der Waals surface area contributed by atoms with Gasteiger partial charge in [0, 0.05) is 5.56 Å². The third-order valence-electron chi connectivity index (χ3n) is 3.32. The van der Waals surface area contributed by atoms with Crippen LogP contribution in [0.15, 0.2) is 30.5 Å². The van der Waals surface area contributed by atoms with Gasteiger partial charge < -0.3 is 10.5 Å². The van der Waals surface area contributed by atoms with Gasteiger partial charge >= 0.3 is 6.18 Å². The van der Waals surface area contributed by atoms with Crippen LogP contribution in [-0.4, -0.2) is 23.4 Å². The van der Waals surface area contributed by atoms with Gasteiger partial charge in [-0.05, 0) is 37.1 Å². The Labute approximate surface area is 126 Å². The lowest BCUT2D eigenvalue weighted by Crippen LogP contribution is -2.07. The highest BCUT2D eigenvalue weighted by Crippen LogP contribution is 2.29. The molecule has 2 N–H and O–H groups in total. The quantitative estimate of drug-likeness (QED) is 0.892. The standard InChI is InChI=1S/C15H18F3N3O/c1-22-14-12(3-2-8-19)9-20-21(14)10-11-4-6-13(7-5-11)15(16,17)18/h4-7,9H,2-3,8,10,19H2,1H3. The Hall–Kier alpha value is -2.02. The third-order valence-corrected chi connectivity index (χ3v) is 3.32. The topological polar surface area (TPSA) is 53.1 Å². The van der Waals surface area contributed by atoms with Gasteiger partial charge in [-0.15, -0.1) is 0 Å². The summed E-state index contributed by atoms with van der Waals surface area (Å²) in [5.74, 6) is 0.619. The van der Waals surface area contributed by atoms with Gasteiger partial charge in [0.15, 0.2) is 0 Å². The number of halogens is 3. The third kappa shape index (κ3) is 3.79. The summed E-state index contributed by atoms with van der Waals surface area (Å²) in [5.41, 5.74) is 6.49. The summed E-state index contributed by atoms with van der Waals surface area (Å²) in [7, 11) is 1.55. The van der Waals surface area contributed by atoms with E-state index in [1.807, 2.05) is 0 Å². The van der Waals surface area contributed by atoms with Crippen LogP contribution in [-0.2, 0) is 19.1 Å². The predicted molar refractivity (Wildman–Crippen MR) is 76.7 cm³/mol. The smallest absolute Gasteiger partial charge is 0.416 e. The molecule has 120 valence electrons. The number of hydrogen-bond donors (Lipinski definition) is 1. The van der Waals surface area contributed by atoms with Crippen LogP contribution in [0.5, 0.6) is 5.88 Å². The molecule has 0 fully saturated rings. The van der Waals surface area contributed by atoms with E-state index in [2.05, 4.69) is 5.10 Å². The molecule has 0 bridgehead atoms. The Bertz CT molecular complexity index is 605. The molecule has 22 heavy (non-hydrogen) atoms. The van der Waals surface area contributed by atoms with E-state index in [0.717, 1.165) is 36.1 Å². The van der Waals surface area contributed by atoms with Crippen LogP contribution < -0.4 is 10.5 Å². The van der Waals surface area contributed by atoms with Gasteiger partial charge in [-0.25, -0.2) is 4.68 Å². The van der Waals surface area contributed by atoms with Crippen molar-refractivity contribution in [3.05, 3.63) is 47.2 Å². The maximum Gasteiger partial charge on any atom is 0.416 e. The molecule has 7 heteroatoms. The number of hydrogen-bond acceptors (Lipinski definition) is 3. The maximum atomic E-state index is 12.5. The average Bonchev–Trinajstić information content (AvgIpc) is 2.86. The van der Waals surface area contributed by atoms with Crippen molar-refractivity contribution in [1.29, 1.82) is 0 Å². The number of alkyl halides is 3.